The number of piperazine rings is 1. The zero-order chi connectivity index (χ0) is 24.0. The minimum Gasteiger partial charge on any atom is -0.342 e. The van der Waals surface area contributed by atoms with Gasteiger partial charge in [0.15, 0.2) is 0 Å². The molecule has 3 aliphatic rings. The summed E-state index contributed by atoms with van der Waals surface area (Å²) in [4.78, 5) is 31.8. The third-order valence-electron chi connectivity index (χ3n) is 8.34. The molecule has 0 unspecified atom stereocenters. The zero-order valence-electron chi connectivity index (χ0n) is 21.4. The number of nitrogens with zero attached hydrogens (tertiary/aromatic N) is 2. The van der Waals surface area contributed by atoms with Gasteiger partial charge in [-0.05, 0) is 69.4 Å². The summed E-state index contributed by atoms with van der Waals surface area (Å²) >= 11 is 0. The molecule has 4 rings (SSSR count). The van der Waals surface area contributed by atoms with Crippen LogP contribution >= 0.6 is 0 Å². The van der Waals surface area contributed by atoms with Crippen LogP contribution in [0.5, 0.6) is 0 Å². The summed E-state index contributed by atoms with van der Waals surface area (Å²) in [5.74, 6) is 0.695. The maximum Gasteiger partial charge on any atom is 0.246 e. The maximum absolute atomic E-state index is 13.6. The van der Waals surface area contributed by atoms with Gasteiger partial charge in [-0.25, -0.2) is 0 Å². The van der Waals surface area contributed by atoms with E-state index in [9.17, 15) is 9.59 Å². The zero-order valence-corrected chi connectivity index (χ0v) is 21.4. The van der Waals surface area contributed by atoms with Crippen molar-refractivity contribution in [3.63, 3.8) is 0 Å². The molecule has 3 fully saturated rings. The van der Waals surface area contributed by atoms with Crippen molar-refractivity contribution in [3.8, 4) is 0 Å². The van der Waals surface area contributed by atoms with E-state index in [0.29, 0.717) is 5.92 Å². The summed E-state index contributed by atoms with van der Waals surface area (Å²) in [5, 5.41) is 3.16. The molecule has 0 radical (unpaired) electrons. The summed E-state index contributed by atoms with van der Waals surface area (Å²) in [6.07, 6.45) is 12.9. The Bertz CT molecular complexity index is 795. The minimum absolute atomic E-state index is 0.116. The van der Waals surface area contributed by atoms with Crippen molar-refractivity contribution >= 4 is 11.8 Å². The SMILES string of the molecule is CC(C)C[C@@H]1NC(=O)C2(CCN(CCCCCCc3ccccc3)CC2)N(C2CCCC2)C1=O. The van der Waals surface area contributed by atoms with Crippen LogP contribution in [0.4, 0.5) is 0 Å². The number of likely N-dealkylation sites (tertiary alicyclic amines) is 1. The van der Waals surface area contributed by atoms with Crippen molar-refractivity contribution in [1.29, 1.82) is 0 Å². The minimum atomic E-state index is -0.619. The highest BCUT2D eigenvalue weighted by Crippen LogP contribution is 2.39. The molecule has 5 heteroatoms. The molecular formula is C29H45N3O2. The molecule has 1 N–H and O–H groups in total. The van der Waals surface area contributed by atoms with Gasteiger partial charge in [0.2, 0.25) is 11.8 Å². The predicted molar refractivity (Wildman–Crippen MR) is 138 cm³/mol. The molecule has 2 aliphatic heterocycles. The smallest absolute Gasteiger partial charge is 0.246 e. The molecule has 188 valence electrons. The van der Waals surface area contributed by atoms with Crippen LogP contribution in [0.3, 0.4) is 0 Å². The first-order valence-corrected chi connectivity index (χ1v) is 13.9. The maximum atomic E-state index is 13.6. The highest BCUT2D eigenvalue weighted by molar-refractivity contribution is 6.00. The number of piperidine rings is 1. The molecule has 2 amide bonds. The molecule has 2 saturated heterocycles. The van der Waals surface area contributed by atoms with Crippen molar-refractivity contribution in [2.24, 2.45) is 5.92 Å². The van der Waals surface area contributed by atoms with Gasteiger partial charge < -0.3 is 15.1 Å². The van der Waals surface area contributed by atoms with Gasteiger partial charge >= 0.3 is 0 Å². The molecule has 1 saturated carbocycles. The number of unbranched alkanes of at least 4 members (excludes halogenated alkanes) is 3. The van der Waals surface area contributed by atoms with E-state index in [1.807, 2.05) is 0 Å². The average molecular weight is 468 g/mol. The Labute approximate surface area is 206 Å². The highest BCUT2D eigenvalue weighted by atomic mass is 16.2. The Hall–Kier alpha value is -1.88. The molecule has 1 aromatic rings. The summed E-state index contributed by atoms with van der Waals surface area (Å²) in [5.41, 5.74) is 0.817. The van der Waals surface area contributed by atoms with Crippen LogP contribution in [-0.4, -0.2) is 58.9 Å². The Kier molecular flexibility index (Phi) is 8.68. The quantitative estimate of drug-likeness (QED) is 0.496. The van der Waals surface area contributed by atoms with Gasteiger partial charge in [-0.2, -0.15) is 0 Å². The molecule has 2 heterocycles. The fourth-order valence-corrected chi connectivity index (χ4v) is 6.44. The average Bonchev–Trinajstić information content (AvgIpc) is 3.36. The lowest BCUT2D eigenvalue weighted by molar-refractivity contribution is -0.165. The van der Waals surface area contributed by atoms with Gasteiger partial charge in [0.1, 0.15) is 11.6 Å². The second kappa shape index (κ2) is 11.7. The molecule has 0 aromatic heterocycles. The number of nitrogens with one attached hydrogen (secondary N) is 1. The van der Waals surface area contributed by atoms with Gasteiger partial charge in [0.25, 0.3) is 0 Å². The Morgan fingerprint density at radius 1 is 0.971 bits per heavy atom. The number of carbonyl (C=O) groups is 2. The van der Waals surface area contributed by atoms with Crippen molar-refractivity contribution in [2.45, 2.75) is 109 Å². The summed E-state index contributed by atoms with van der Waals surface area (Å²) in [6, 6.07) is 10.7. The number of carbonyl (C=O) groups excluding carboxylic acids is 2. The van der Waals surface area contributed by atoms with Crippen LogP contribution in [0.15, 0.2) is 30.3 Å². The van der Waals surface area contributed by atoms with E-state index in [0.717, 1.165) is 51.7 Å². The van der Waals surface area contributed by atoms with Crippen molar-refractivity contribution in [1.82, 2.24) is 15.1 Å². The third kappa shape index (κ3) is 5.84. The normalized spacial score (nSPS) is 23.7. The number of amides is 2. The number of aryl methyl sites for hydroxylation is 1. The Morgan fingerprint density at radius 3 is 2.32 bits per heavy atom. The lowest BCUT2D eigenvalue weighted by atomic mass is 9.79. The monoisotopic (exact) mass is 467 g/mol. The first kappa shape index (κ1) is 25.2. The number of hydrogen-bond donors (Lipinski definition) is 1. The fraction of sp³-hybridized carbons (Fsp3) is 0.724. The van der Waals surface area contributed by atoms with Crippen LogP contribution in [0, 0.1) is 5.92 Å². The molecule has 1 aliphatic carbocycles. The van der Waals surface area contributed by atoms with Gasteiger partial charge in [0.05, 0.1) is 0 Å². The van der Waals surface area contributed by atoms with Gasteiger partial charge in [0, 0.05) is 19.1 Å². The first-order valence-electron chi connectivity index (χ1n) is 13.9. The predicted octanol–water partition coefficient (Wildman–Crippen LogP) is 4.94. The van der Waals surface area contributed by atoms with Crippen molar-refractivity contribution < 1.29 is 9.59 Å². The standard InChI is InChI=1S/C29H45N3O2/c1-23(2)22-26-27(33)32(25-15-9-10-16-25)29(28(34)30-26)17-20-31(21-18-29)19-11-4-3-6-12-24-13-7-5-8-14-24/h5,7-8,13-14,23,25-26H,3-4,6,9-12,15-22H2,1-2H3,(H,30,34)/t26-/m0/s1. The van der Waals surface area contributed by atoms with Gasteiger partial charge in [-0.1, -0.05) is 69.9 Å². The highest BCUT2D eigenvalue weighted by Gasteiger charge is 2.55. The third-order valence-corrected chi connectivity index (χ3v) is 8.34. The largest absolute Gasteiger partial charge is 0.342 e. The van der Waals surface area contributed by atoms with Crippen LogP contribution < -0.4 is 5.32 Å². The van der Waals surface area contributed by atoms with E-state index in [-0.39, 0.29) is 23.9 Å². The van der Waals surface area contributed by atoms with E-state index in [2.05, 4.69) is 59.3 Å². The van der Waals surface area contributed by atoms with Crippen LogP contribution in [-0.2, 0) is 16.0 Å². The molecule has 1 aromatic carbocycles. The van der Waals surface area contributed by atoms with Crippen LogP contribution in [0.1, 0.15) is 90.0 Å². The number of rotatable bonds is 10. The first-order chi connectivity index (χ1) is 16.5. The van der Waals surface area contributed by atoms with Crippen molar-refractivity contribution in [3.05, 3.63) is 35.9 Å². The van der Waals surface area contributed by atoms with E-state index < -0.39 is 5.54 Å². The van der Waals surface area contributed by atoms with Gasteiger partial charge in [-0.3, -0.25) is 9.59 Å². The van der Waals surface area contributed by atoms with E-state index in [1.54, 1.807) is 0 Å². The van der Waals surface area contributed by atoms with Crippen molar-refractivity contribution in [2.75, 3.05) is 19.6 Å². The molecule has 0 bridgehead atoms. The molecule has 1 spiro atoms. The number of benzene rings is 1. The molecule has 5 nitrogen and oxygen atoms in total. The fourth-order valence-electron chi connectivity index (χ4n) is 6.44. The molecule has 1 atom stereocenters. The van der Waals surface area contributed by atoms with Crippen LogP contribution in [0.2, 0.25) is 0 Å². The lowest BCUT2D eigenvalue weighted by Gasteiger charge is -2.54. The second-order valence-corrected chi connectivity index (χ2v) is 11.3. The molecular weight excluding hydrogens is 422 g/mol. The van der Waals surface area contributed by atoms with E-state index in [4.69, 9.17) is 0 Å². The summed E-state index contributed by atoms with van der Waals surface area (Å²) < 4.78 is 0. The van der Waals surface area contributed by atoms with E-state index >= 15 is 0 Å². The summed E-state index contributed by atoms with van der Waals surface area (Å²) in [7, 11) is 0. The van der Waals surface area contributed by atoms with E-state index in [1.165, 1.54) is 50.5 Å². The second-order valence-electron chi connectivity index (χ2n) is 11.3. The molecule has 34 heavy (non-hydrogen) atoms. The number of hydrogen-bond acceptors (Lipinski definition) is 3. The lowest BCUT2D eigenvalue weighted by Crippen LogP contribution is -2.74. The van der Waals surface area contributed by atoms with Crippen LogP contribution in [0.25, 0.3) is 0 Å². The Morgan fingerprint density at radius 2 is 1.65 bits per heavy atom. The Balaban J connectivity index is 1.27. The topological polar surface area (TPSA) is 52.7 Å². The summed E-state index contributed by atoms with van der Waals surface area (Å²) in [6.45, 7) is 7.20. The van der Waals surface area contributed by atoms with Gasteiger partial charge in [-0.15, -0.1) is 0 Å².